The lowest BCUT2D eigenvalue weighted by Crippen LogP contribution is -2.61. The zero-order valence-corrected chi connectivity index (χ0v) is 18.4. The molecule has 4 heterocycles. The minimum absolute atomic E-state index is 0.00875. The summed E-state index contributed by atoms with van der Waals surface area (Å²) in [5.41, 5.74) is 1.12. The van der Waals surface area contributed by atoms with Crippen molar-refractivity contribution in [1.82, 2.24) is 35.0 Å². The number of amides is 1. The highest BCUT2D eigenvalue weighted by Gasteiger charge is 2.47. The molecule has 2 aromatic heterocycles. The van der Waals surface area contributed by atoms with Gasteiger partial charge in [0.2, 0.25) is 0 Å². The van der Waals surface area contributed by atoms with E-state index in [1.807, 2.05) is 39.9 Å². The van der Waals surface area contributed by atoms with Gasteiger partial charge < -0.3 is 19.4 Å². The number of para-hydroxylation sites is 1. The van der Waals surface area contributed by atoms with Crippen LogP contribution in [0.2, 0.25) is 0 Å². The van der Waals surface area contributed by atoms with E-state index in [9.17, 15) is 4.79 Å². The number of nitrogens with zero attached hydrogens (tertiary/aromatic N) is 6. The molecule has 32 heavy (non-hydrogen) atoms. The third-order valence-electron chi connectivity index (χ3n) is 6.59. The molecule has 0 radical (unpaired) electrons. The maximum absolute atomic E-state index is 13.5. The van der Waals surface area contributed by atoms with E-state index in [2.05, 4.69) is 25.4 Å². The van der Waals surface area contributed by atoms with Crippen LogP contribution < -0.4 is 0 Å². The van der Waals surface area contributed by atoms with Crippen LogP contribution in [-0.2, 0) is 21.6 Å². The Balaban J connectivity index is 1.48. The number of benzene rings is 1. The van der Waals surface area contributed by atoms with E-state index in [-0.39, 0.29) is 5.91 Å². The third kappa shape index (κ3) is 3.78. The highest BCUT2D eigenvalue weighted by atomic mass is 16.5. The second-order valence-corrected chi connectivity index (χ2v) is 8.45. The fraction of sp³-hybridized carbons (Fsp3) is 0.545. The first kappa shape index (κ1) is 21.0. The monoisotopic (exact) mass is 439 g/mol. The molecular weight excluding hydrogens is 410 g/mol. The van der Waals surface area contributed by atoms with Gasteiger partial charge in [-0.2, -0.15) is 0 Å². The van der Waals surface area contributed by atoms with Crippen LogP contribution in [0.3, 0.4) is 0 Å². The summed E-state index contributed by atoms with van der Waals surface area (Å²) >= 11 is 0. The van der Waals surface area contributed by atoms with Crippen LogP contribution in [0.5, 0.6) is 0 Å². The summed E-state index contributed by atoms with van der Waals surface area (Å²) in [4.78, 5) is 21.2. The van der Waals surface area contributed by atoms with Crippen LogP contribution >= 0.6 is 0 Å². The Hall–Kier alpha value is -2.82. The summed E-state index contributed by atoms with van der Waals surface area (Å²) in [5.74, 6) is 0.806. The number of H-pyrrole nitrogens is 1. The standard InChI is InChI=1S/C22H29N7O3/c1-31-12-11-29-21(24-25-26-29)22(28-9-13-32-14-10-28)7-4-8-27(16-22)20(30)19-15-17-5-2-3-6-18(17)23-19/h2-3,5-6,15,23H,4,7-14,16H2,1H3. The fourth-order valence-corrected chi connectivity index (χ4v) is 5.01. The van der Waals surface area contributed by atoms with Gasteiger partial charge in [-0.15, -0.1) is 5.10 Å². The van der Waals surface area contributed by atoms with Crippen LogP contribution in [-0.4, -0.2) is 94.0 Å². The molecule has 2 fully saturated rings. The molecule has 1 atom stereocenters. The zero-order chi connectivity index (χ0) is 22.0. The Kier molecular flexibility index (Phi) is 5.90. The molecule has 2 aliphatic rings. The number of nitrogens with one attached hydrogen (secondary N) is 1. The van der Waals surface area contributed by atoms with E-state index in [0.29, 0.717) is 45.1 Å². The minimum atomic E-state index is -0.457. The largest absolute Gasteiger partial charge is 0.383 e. The predicted molar refractivity (Wildman–Crippen MR) is 117 cm³/mol. The number of morpholine rings is 1. The van der Waals surface area contributed by atoms with Crippen molar-refractivity contribution in [2.24, 2.45) is 0 Å². The third-order valence-corrected chi connectivity index (χ3v) is 6.59. The molecule has 0 spiro atoms. The Morgan fingerprint density at radius 3 is 2.91 bits per heavy atom. The van der Waals surface area contributed by atoms with Crippen LogP contribution in [0.15, 0.2) is 30.3 Å². The molecule has 1 aromatic carbocycles. The maximum atomic E-state index is 13.5. The average molecular weight is 440 g/mol. The number of likely N-dealkylation sites (tertiary alicyclic amines) is 1. The van der Waals surface area contributed by atoms with Crippen LogP contribution in [0.4, 0.5) is 0 Å². The molecule has 10 nitrogen and oxygen atoms in total. The summed E-state index contributed by atoms with van der Waals surface area (Å²) in [6.07, 6.45) is 1.76. The van der Waals surface area contributed by atoms with Gasteiger partial charge in [-0.25, -0.2) is 4.68 Å². The van der Waals surface area contributed by atoms with E-state index >= 15 is 0 Å². The van der Waals surface area contributed by atoms with E-state index in [1.165, 1.54) is 0 Å². The number of rotatable bonds is 6. The number of tetrazole rings is 1. The van der Waals surface area contributed by atoms with Gasteiger partial charge in [0.25, 0.3) is 5.91 Å². The van der Waals surface area contributed by atoms with Gasteiger partial charge in [0, 0.05) is 44.2 Å². The molecule has 0 aliphatic carbocycles. The van der Waals surface area contributed by atoms with Crippen molar-refractivity contribution >= 4 is 16.8 Å². The van der Waals surface area contributed by atoms with Crippen molar-refractivity contribution in [1.29, 1.82) is 0 Å². The molecule has 3 aromatic rings. The Morgan fingerprint density at radius 1 is 1.25 bits per heavy atom. The van der Waals surface area contributed by atoms with Crippen LogP contribution in [0.1, 0.15) is 29.2 Å². The van der Waals surface area contributed by atoms with E-state index in [4.69, 9.17) is 9.47 Å². The summed E-state index contributed by atoms with van der Waals surface area (Å²) < 4.78 is 12.7. The number of carbonyl (C=O) groups is 1. The molecule has 10 heteroatoms. The van der Waals surface area contributed by atoms with Gasteiger partial charge >= 0.3 is 0 Å². The van der Waals surface area contributed by atoms with E-state index in [0.717, 1.165) is 42.7 Å². The molecular formula is C22H29N7O3. The van der Waals surface area contributed by atoms with Crippen molar-refractivity contribution in [3.63, 3.8) is 0 Å². The summed E-state index contributed by atoms with van der Waals surface area (Å²) in [7, 11) is 1.67. The number of piperidine rings is 1. The second kappa shape index (κ2) is 8.97. The molecule has 0 saturated carbocycles. The molecule has 5 rings (SSSR count). The second-order valence-electron chi connectivity index (χ2n) is 8.45. The number of aromatic nitrogens is 5. The highest BCUT2D eigenvalue weighted by Crippen LogP contribution is 2.37. The Bertz CT molecular complexity index is 1040. The van der Waals surface area contributed by atoms with Crippen molar-refractivity contribution in [2.75, 3.05) is 53.1 Å². The average Bonchev–Trinajstić information content (AvgIpc) is 3.50. The zero-order valence-electron chi connectivity index (χ0n) is 18.4. The van der Waals surface area contributed by atoms with Gasteiger partial charge in [0.15, 0.2) is 5.82 Å². The fourth-order valence-electron chi connectivity index (χ4n) is 5.01. The van der Waals surface area contributed by atoms with Gasteiger partial charge in [0.05, 0.1) is 26.4 Å². The molecule has 1 unspecified atom stereocenters. The minimum Gasteiger partial charge on any atom is -0.383 e. The van der Waals surface area contributed by atoms with Gasteiger partial charge in [-0.05, 0) is 35.4 Å². The van der Waals surface area contributed by atoms with E-state index in [1.54, 1.807) is 7.11 Å². The Morgan fingerprint density at radius 2 is 2.09 bits per heavy atom. The molecule has 2 saturated heterocycles. The number of carbonyl (C=O) groups excluding carboxylic acids is 1. The smallest absolute Gasteiger partial charge is 0.270 e. The first-order valence-electron chi connectivity index (χ1n) is 11.2. The van der Waals surface area contributed by atoms with Crippen LogP contribution in [0.25, 0.3) is 10.9 Å². The normalized spacial score (nSPS) is 22.5. The van der Waals surface area contributed by atoms with Crippen molar-refractivity contribution in [3.8, 4) is 0 Å². The van der Waals surface area contributed by atoms with Crippen molar-refractivity contribution < 1.29 is 14.3 Å². The van der Waals surface area contributed by atoms with E-state index < -0.39 is 5.54 Å². The van der Waals surface area contributed by atoms with Gasteiger partial charge in [0.1, 0.15) is 11.2 Å². The summed E-state index contributed by atoms with van der Waals surface area (Å²) in [6.45, 7) is 5.23. The molecule has 1 N–H and O–H groups in total. The lowest BCUT2D eigenvalue weighted by Gasteiger charge is -2.49. The number of ether oxygens (including phenoxy) is 2. The number of hydrogen-bond acceptors (Lipinski definition) is 7. The molecule has 0 bridgehead atoms. The number of hydrogen-bond donors (Lipinski definition) is 1. The summed E-state index contributed by atoms with van der Waals surface area (Å²) in [6, 6.07) is 9.89. The van der Waals surface area contributed by atoms with Gasteiger partial charge in [-0.3, -0.25) is 9.69 Å². The highest BCUT2D eigenvalue weighted by molar-refractivity contribution is 5.98. The van der Waals surface area contributed by atoms with Crippen molar-refractivity contribution in [3.05, 3.63) is 41.9 Å². The first-order valence-corrected chi connectivity index (χ1v) is 11.2. The first-order chi connectivity index (χ1) is 15.7. The summed E-state index contributed by atoms with van der Waals surface area (Å²) in [5, 5.41) is 13.7. The number of methoxy groups -OCH3 is 1. The number of aromatic amines is 1. The maximum Gasteiger partial charge on any atom is 0.270 e. The number of fused-ring (bicyclic) bond motifs is 1. The van der Waals surface area contributed by atoms with Gasteiger partial charge in [-0.1, -0.05) is 18.2 Å². The molecule has 170 valence electrons. The quantitative estimate of drug-likeness (QED) is 0.617. The SMILES string of the molecule is COCCn1nnnc1C1(N2CCOCC2)CCCN(C(=O)c2cc3ccccc3[nH]2)C1. The lowest BCUT2D eigenvalue weighted by atomic mass is 9.85. The topological polar surface area (TPSA) is 101 Å². The molecule has 2 aliphatic heterocycles. The predicted octanol–water partition coefficient (Wildman–Crippen LogP) is 1.26. The lowest BCUT2D eigenvalue weighted by molar-refractivity contribution is -0.0573. The molecule has 1 amide bonds. The van der Waals surface area contributed by atoms with Crippen molar-refractivity contribution in [2.45, 2.75) is 24.9 Å². The Labute approximate surface area is 186 Å². The van der Waals surface area contributed by atoms with Crippen LogP contribution in [0, 0.1) is 0 Å².